The van der Waals surface area contributed by atoms with Crippen molar-refractivity contribution in [2.24, 2.45) is 0 Å². The summed E-state index contributed by atoms with van der Waals surface area (Å²) in [6, 6.07) is 8.39. The number of nitrogens with one attached hydrogen (secondary N) is 1. The molecule has 0 aromatic heterocycles. The van der Waals surface area contributed by atoms with Crippen molar-refractivity contribution in [1.29, 1.82) is 0 Å². The minimum Gasteiger partial charge on any atom is -0.478 e. The Morgan fingerprint density at radius 1 is 1.32 bits per heavy atom. The predicted molar refractivity (Wildman–Crippen MR) is 81.2 cm³/mol. The number of carbonyl (C=O) groups is 3. The lowest BCUT2D eigenvalue weighted by atomic mass is 9.89. The van der Waals surface area contributed by atoms with Gasteiger partial charge in [-0.3, -0.25) is 14.5 Å². The van der Waals surface area contributed by atoms with E-state index in [4.69, 9.17) is 0 Å². The summed E-state index contributed by atoms with van der Waals surface area (Å²) >= 11 is 1.40. The van der Waals surface area contributed by atoms with Gasteiger partial charge in [0, 0.05) is 5.56 Å². The van der Waals surface area contributed by atoms with Gasteiger partial charge in [0.1, 0.15) is 0 Å². The highest BCUT2D eigenvalue weighted by Gasteiger charge is 2.70. The zero-order chi connectivity index (χ0) is 16.1. The minimum absolute atomic E-state index is 0.199. The van der Waals surface area contributed by atoms with Gasteiger partial charge in [0.2, 0.25) is 11.6 Å². The Balaban J connectivity index is 2.00. The number of benzene rings is 1. The lowest BCUT2D eigenvalue weighted by molar-refractivity contribution is -0.170. The summed E-state index contributed by atoms with van der Waals surface area (Å²) in [5.74, 6) is -1.97. The molecule has 3 rings (SSSR count). The number of fused-ring (bicyclic) bond motifs is 1. The van der Waals surface area contributed by atoms with Crippen LogP contribution in [-0.4, -0.2) is 43.6 Å². The summed E-state index contributed by atoms with van der Waals surface area (Å²) < 4.78 is -0.833. The van der Waals surface area contributed by atoms with Gasteiger partial charge < -0.3 is 10.4 Å². The Labute approximate surface area is 131 Å². The zero-order valence-corrected chi connectivity index (χ0v) is 13.0. The molecule has 7 heteroatoms. The molecule has 2 amide bonds. The van der Waals surface area contributed by atoms with Crippen molar-refractivity contribution in [2.45, 2.75) is 36.1 Å². The molecule has 22 heavy (non-hydrogen) atoms. The van der Waals surface area contributed by atoms with Crippen molar-refractivity contribution in [3.63, 3.8) is 0 Å². The lowest BCUT2D eigenvalue weighted by Gasteiger charge is -2.46. The van der Waals surface area contributed by atoms with Crippen LogP contribution in [0, 0.1) is 0 Å². The Morgan fingerprint density at radius 3 is 2.50 bits per heavy atom. The van der Waals surface area contributed by atoms with Crippen molar-refractivity contribution < 1.29 is 19.5 Å². The molecule has 0 spiro atoms. The molecule has 0 radical (unpaired) electrons. The molecule has 2 heterocycles. The highest BCUT2D eigenvalue weighted by molar-refractivity contribution is 8.01. The second kappa shape index (κ2) is 4.74. The molecule has 116 valence electrons. The molecule has 0 unspecified atom stereocenters. The molecule has 2 aliphatic heterocycles. The van der Waals surface area contributed by atoms with Gasteiger partial charge in [-0.05, 0) is 26.0 Å². The minimum atomic E-state index is -1.73. The first-order valence-corrected chi connectivity index (χ1v) is 7.78. The number of carboxylic acids is 1. The maximum atomic E-state index is 12.5. The first-order valence-electron chi connectivity index (χ1n) is 6.90. The fourth-order valence-electron chi connectivity index (χ4n) is 3.05. The van der Waals surface area contributed by atoms with Crippen LogP contribution in [-0.2, 0) is 9.59 Å². The van der Waals surface area contributed by atoms with Gasteiger partial charge in [0.25, 0.3) is 5.91 Å². The largest absolute Gasteiger partial charge is 0.478 e. The Hall–Kier alpha value is -2.02. The van der Waals surface area contributed by atoms with Crippen molar-refractivity contribution in [3.8, 4) is 0 Å². The van der Waals surface area contributed by atoms with E-state index in [1.54, 1.807) is 44.2 Å². The quantitative estimate of drug-likeness (QED) is 0.819. The molecule has 0 aliphatic carbocycles. The summed E-state index contributed by atoms with van der Waals surface area (Å²) in [6.07, 6.45) is 0.310. The summed E-state index contributed by atoms with van der Waals surface area (Å²) in [7, 11) is 0. The summed E-state index contributed by atoms with van der Waals surface area (Å²) in [6.45, 7) is 3.48. The highest BCUT2D eigenvalue weighted by atomic mass is 32.2. The Kier molecular flexibility index (Phi) is 3.21. The number of hydrogen-bond donors (Lipinski definition) is 2. The van der Waals surface area contributed by atoms with Gasteiger partial charge in [-0.1, -0.05) is 18.2 Å². The molecule has 2 saturated heterocycles. The standard InChI is InChI=1S/C15H16N2O4S/c1-14(2)15(13(20)21,17-10(18)8-11(17)22-14)16-12(19)9-6-4-3-5-7-9/h3-7,11H,8H2,1-2H3,(H,16,19)(H,20,21)/t11-,15+/m1/s1. The van der Waals surface area contributed by atoms with E-state index in [1.165, 1.54) is 16.7 Å². The van der Waals surface area contributed by atoms with Gasteiger partial charge in [-0.25, -0.2) is 4.79 Å². The van der Waals surface area contributed by atoms with E-state index in [0.29, 0.717) is 12.0 Å². The SMILES string of the molecule is CC1(C)S[C@@H]2CC(=O)N2[C@@]1(NC(=O)c1ccccc1)C(=O)O. The van der Waals surface area contributed by atoms with E-state index in [2.05, 4.69) is 5.32 Å². The summed E-state index contributed by atoms with van der Waals surface area (Å²) in [5, 5.41) is 12.2. The molecule has 2 N–H and O–H groups in total. The van der Waals surface area contributed by atoms with E-state index in [1.807, 2.05) is 0 Å². The number of rotatable bonds is 3. The fraction of sp³-hybridized carbons (Fsp3) is 0.400. The average molecular weight is 320 g/mol. The van der Waals surface area contributed by atoms with Crippen LogP contribution < -0.4 is 5.32 Å². The number of carbonyl (C=O) groups excluding carboxylic acids is 2. The summed E-state index contributed by atoms with van der Waals surface area (Å²) in [5.41, 5.74) is -1.37. The number of hydrogen-bond acceptors (Lipinski definition) is 4. The molecule has 1 aromatic rings. The van der Waals surface area contributed by atoms with Crippen molar-refractivity contribution >= 4 is 29.5 Å². The molecule has 0 saturated carbocycles. The van der Waals surface area contributed by atoms with Gasteiger partial charge >= 0.3 is 5.97 Å². The third-order valence-corrected chi connectivity index (χ3v) is 5.74. The van der Waals surface area contributed by atoms with Crippen molar-refractivity contribution in [2.75, 3.05) is 0 Å². The number of aliphatic carboxylic acids is 1. The lowest BCUT2D eigenvalue weighted by Crippen LogP contribution is -2.74. The van der Waals surface area contributed by atoms with Crippen LogP contribution in [0.2, 0.25) is 0 Å². The second-order valence-corrected chi connectivity index (χ2v) is 7.69. The zero-order valence-electron chi connectivity index (χ0n) is 12.2. The molecule has 2 aliphatic rings. The smallest absolute Gasteiger partial charge is 0.352 e. The van der Waals surface area contributed by atoms with Crippen LogP contribution in [0.5, 0.6) is 0 Å². The van der Waals surface area contributed by atoms with Gasteiger partial charge in [-0.2, -0.15) is 0 Å². The van der Waals surface area contributed by atoms with Crippen molar-refractivity contribution in [3.05, 3.63) is 35.9 Å². The highest BCUT2D eigenvalue weighted by Crippen LogP contribution is 2.55. The van der Waals surface area contributed by atoms with Crippen LogP contribution in [0.3, 0.4) is 0 Å². The third kappa shape index (κ3) is 1.85. The first-order chi connectivity index (χ1) is 10.3. The fourth-order valence-corrected chi connectivity index (χ4v) is 4.75. The van der Waals surface area contributed by atoms with Crippen LogP contribution in [0.4, 0.5) is 0 Å². The topological polar surface area (TPSA) is 86.7 Å². The first kappa shape index (κ1) is 14.9. The van der Waals surface area contributed by atoms with E-state index < -0.39 is 22.3 Å². The molecule has 2 fully saturated rings. The molecular formula is C15H16N2O4S. The molecule has 0 bridgehead atoms. The third-order valence-electron chi connectivity index (χ3n) is 4.21. The van der Waals surface area contributed by atoms with Crippen LogP contribution >= 0.6 is 11.8 Å². The molecular weight excluding hydrogens is 304 g/mol. The average Bonchev–Trinajstić information content (AvgIpc) is 2.63. The number of amides is 2. The van der Waals surface area contributed by atoms with Crippen molar-refractivity contribution in [1.82, 2.24) is 10.2 Å². The number of carboxylic acid groups (broad SMARTS) is 1. The Morgan fingerprint density at radius 2 is 1.95 bits per heavy atom. The maximum Gasteiger partial charge on any atom is 0.352 e. The number of nitrogens with zero attached hydrogens (tertiary/aromatic N) is 1. The maximum absolute atomic E-state index is 12.5. The normalized spacial score (nSPS) is 28.7. The number of thioether (sulfide) groups is 1. The van der Waals surface area contributed by atoms with Gasteiger partial charge in [-0.15, -0.1) is 11.8 Å². The van der Waals surface area contributed by atoms with Crippen LogP contribution in [0.15, 0.2) is 30.3 Å². The second-order valence-electron chi connectivity index (χ2n) is 5.89. The predicted octanol–water partition coefficient (Wildman–Crippen LogP) is 1.28. The van der Waals surface area contributed by atoms with Crippen LogP contribution in [0.1, 0.15) is 30.6 Å². The van der Waals surface area contributed by atoms with E-state index >= 15 is 0 Å². The van der Waals surface area contributed by atoms with E-state index in [0.717, 1.165) is 0 Å². The van der Waals surface area contributed by atoms with Gasteiger partial charge in [0.15, 0.2) is 0 Å². The van der Waals surface area contributed by atoms with Crippen LogP contribution in [0.25, 0.3) is 0 Å². The number of β-lactam (4-membered cyclic amide) rings is 1. The molecule has 6 nitrogen and oxygen atoms in total. The molecule has 1 aromatic carbocycles. The monoisotopic (exact) mass is 320 g/mol. The van der Waals surface area contributed by atoms with E-state index in [9.17, 15) is 19.5 Å². The Bertz CT molecular complexity index is 661. The summed E-state index contributed by atoms with van der Waals surface area (Å²) in [4.78, 5) is 37.7. The van der Waals surface area contributed by atoms with E-state index in [-0.39, 0.29) is 11.3 Å². The molecule has 2 atom stereocenters. The van der Waals surface area contributed by atoms with Gasteiger partial charge in [0.05, 0.1) is 16.5 Å².